The van der Waals surface area contributed by atoms with Crippen molar-refractivity contribution in [3.63, 3.8) is 0 Å². The van der Waals surface area contributed by atoms with E-state index in [2.05, 4.69) is 35.9 Å². The average molecular weight is 312 g/mol. The second-order valence-electron chi connectivity index (χ2n) is 3.70. The van der Waals surface area contributed by atoms with Crippen molar-refractivity contribution in [3.8, 4) is 0 Å². The van der Waals surface area contributed by atoms with Crippen molar-refractivity contribution in [1.29, 1.82) is 0 Å². The highest BCUT2D eigenvalue weighted by Crippen LogP contribution is 2.08. The average Bonchev–Trinajstić information content (AvgIpc) is 2.42. The summed E-state index contributed by atoms with van der Waals surface area (Å²) in [5, 5.41) is 3.67. The highest BCUT2D eigenvalue weighted by Gasteiger charge is 2.16. The van der Waals surface area contributed by atoms with Crippen molar-refractivity contribution in [2.75, 3.05) is 13.1 Å². The largest absolute Gasteiger partial charge is 0.344 e. The summed E-state index contributed by atoms with van der Waals surface area (Å²) in [7, 11) is 0. The predicted octanol–water partition coefficient (Wildman–Crippen LogP) is 0.0590. The lowest BCUT2D eigenvalue weighted by atomic mass is 10.1. The van der Waals surface area contributed by atoms with E-state index in [0.29, 0.717) is 0 Å². The van der Waals surface area contributed by atoms with Crippen molar-refractivity contribution in [2.24, 2.45) is 0 Å². The molecule has 0 unspecified atom stereocenters. The Morgan fingerprint density at radius 3 is 1.45 bits per heavy atom. The van der Waals surface area contributed by atoms with Crippen LogP contribution in [-0.4, -0.2) is 35.1 Å². The second kappa shape index (κ2) is 7.71. The van der Waals surface area contributed by atoms with Crippen molar-refractivity contribution < 1.29 is 19.2 Å². The zero-order valence-electron chi connectivity index (χ0n) is 10.3. The summed E-state index contributed by atoms with van der Waals surface area (Å²) in [6, 6.07) is 6.04. The molecule has 0 aromatic heterocycles. The van der Waals surface area contributed by atoms with Crippen LogP contribution < -0.4 is 10.6 Å². The Labute approximate surface area is 126 Å². The third-order valence-corrected chi connectivity index (χ3v) is 2.53. The number of carbonyl (C=O) groups is 4. The molecule has 0 radical (unpaired) electrons. The van der Waals surface area contributed by atoms with Crippen LogP contribution in [0, 0.1) is 0 Å². The van der Waals surface area contributed by atoms with Gasteiger partial charge in [-0.05, 0) is 12.1 Å². The minimum absolute atomic E-state index is 0.103. The molecule has 0 heterocycles. The number of hydrogen-bond acceptors (Lipinski definition) is 4. The highest BCUT2D eigenvalue weighted by atomic mass is 32.1. The molecule has 6 nitrogen and oxygen atoms in total. The monoisotopic (exact) mass is 312 g/mol. The van der Waals surface area contributed by atoms with Crippen LogP contribution >= 0.6 is 25.3 Å². The lowest BCUT2D eigenvalue weighted by molar-refractivity contribution is -0.110. The van der Waals surface area contributed by atoms with Gasteiger partial charge in [-0.25, -0.2) is 0 Å². The lowest BCUT2D eigenvalue weighted by Gasteiger charge is -2.09. The summed E-state index contributed by atoms with van der Waals surface area (Å²) in [4.78, 5) is 45.1. The van der Waals surface area contributed by atoms with Gasteiger partial charge in [-0.3, -0.25) is 19.2 Å². The zero-order valence-corrected chi connectivity index (χ0v) is 12.0. The molecule has 0 fully saturated rings. The first-order valence-corrected chi connectivity index (χ1v) is 6.40. The molecule has 0 saturated carbocycles. The zero-order chi connectivity index (χ0) is 15.1. The van der Waals surface area contributed by atoms with Gasteiger partial charge in [0.15, 0.2) is 0 Å². The van der Waals surface area contributed by atoms with Crippen molar-refractivity contribution >= 4 is 47.3 Å². The van der Waals surface area contributed by atoms with Crippen LogP contribution in [0.5, 0.6) is 0 Å². The highest BCUT2D eigenvalue weighted by molar-refractivity contribution is 7.96. The summed E-state index contributed by atoms with van der Waals surface area (Å²) in [6.45, 7) is -0.486. The van der Waals surface area contributed by atoms with Crippen LogP contribution in [0.4, 0.5) is 0 Å². The third-order valence-electron chi connectivity index (χ3n) is 2.22. The molecule has 0 bridgehead atoms. The van der Waals surface area contributed by atoms with E-state index >= 15 is 0 Å². The summed E-state index contributed by atoms with van der Waals surface area (Å²) in [6.07, 6.45) is 0. The van der Waals surface area contributed by atoms with Crippen LogP contribution in [0.3, 0.4) is 0 Å². The Morgan fingerprint density at radius 1 is 0.800 bits per heavy atom. The quantitative estimate of drug-likeness (QED) is 0.559. The molecule has 0 aliphatic heterocycles. The molecule has 2 N–H and O–H groups in total. The summed E-state index contributed by atoms with van der Waals surface area (Å²) < 4.78 is 0. The van der Waals surface area contributed by atoms with E-state index in [1.165, 1.54) is 12.1 Å². The fraction of sp³-hybridized carbons (Fsp3) is 0.167. The smallest absolute Gasteiger partial charge is 0.252 e. The molecule has 1 aromatic rings. The van der Waals surface area contributed by atoms with Crippen molar-refractivity contribution in [1.82, 2.24) is 10.6 Å². The van der Waals surface area contributed by atoms with Gasteiger partial charge in [0.1, 0.15) is 0 Å². The van der Waals surface area contributed by atoms with Gasteiger partial charge < -0.3 is 10.6 Å². The second-order valence-corrected chi connectivity index (χ2v) is 4.70. The van der Waals surface area contributed by atoms with Gasteiger partial charge in [0.2, 0.25) is 10.2 Å². The first-order chi connectivity index (χ1) is 9.41. The standard InChI is InChI=1S/C12H12N2O4S2/c15-9(19)5-13-11(17)7-3-1-2-4-8(7)12(18)14-6-10(16)20/h1-4H,5-6H2,(H,13,17)(H,14,18)(H,15,19)(H,16,20). The Balaban J connectivity index is 2.87. The van der Waals surface area contributed by atoms with Crippen molar-refractivity contribution in [3.05, 3.63) is 35.4 Å². The van der Waals surface area contributed by atoms with Crippen LogP contribution in [0.2, 0.25) is 0 Å². The molecule has 0 aliphatic rings. The number of thiol groups is 2. The van der Waals surface area contributed by atoms with E-state index < -0.39 is 22.0 Å². The molecule has 8 heteroatoms. The maximum Gasteiger partial charge on any atom is 0.252 e. The number of nitrogens with one attached hydrogen (secondary N) is 2. The van der Waals surface area contributed by atoms with Crippen molar-refractivity contribution in [2.45, 2.75) is 0 Å². The van der Waals surface area contributed by atoms with Crippen LogP contribution in [0.1, 0.15) is 20.7 Å². The molecule has 0 aliphatic carbocycles. The molecule has 1 aromatic carbocycles. The van der Waals surface area contributed by atoms with E-state index in [1.54, 1.807) is 12.1 Å². The molecule has 2 amide bonds. The number of rotatable bonds is 6. The van der Waals surface area contributed by atoms with E-state index in [0.717, 1.165) is 0 Å². The molecule has 1 rings (SSSR count). The molecule has 106 valence electrons. The minimum Gasteiger partial charge on any atom is -0.344 e. The maximum atomic E-state index is 11.9. The Morgan fingerprint density at radius 2 is 1.15 bits per heavy atom. The molecule has 0 spiro atoms. The van der Waals surface area contributed by atoms with Gasteiger partial charge in [0.25, 0.3) is 11.8 Å². The third kappa shape index (κ3) is 5.06. The summed E-state index contributed by atoms with van der Waals surface area (Å²) in [5.74, 6) is -1.15. The van der Waals surface area contributed by atoms with Crippen LogP contribution in [0.25, 0.3) is 0 Å². The van der Waals surface area contributed by atoms with Gasteiger partial charge in [-0.15, -0.1) is 25.3 Å². The summed E-state index contributed by atoms with van der Waals surface area (Å²) >= 11 is 7.06. The van der Waals surface area contributed by atoms with Gasteiger partial charge >= 0.3 is 0 Å². The number of amides is 2. The summed E-state index contributed by atoms with van der Waals surface area (Å²) in [5.41, 5.74) is 0.206. The Hall–Kier alpha value is -1.80. The Bertz CT molecular complexity index is 511. The molecule has 0 atom stereocenters. The first-order valence-electron chi connectivity index (χ1n) is 5.51. The normalized spacial score (nSPS) is 9.70. The first kappa shape index (κ1) is 16.3. The van der Waals surface area contributed by atoms with Crippen LogP contribution in [0.15, 0.2) is 24.3 Å². The fourth-order valence-corrected chi connectivity index (χ4v) is 1.54. The van der Waals surface area contributed by atoms with Gasteiger partial charge in [-0.2, -0.15) is 0 Å². The predicted molar refractivity (Wildman–Crippen MR) is 79.1 cm³/mol. The van der Waals surface area contributed by atoms with E-state index in [4.69, 9.17) is 0 Å². The molecule has 0 saturated heterocycles. The number of carbonyl (C=O) groups excluding carboxylic acids is 4. The topological polar surface area (TPSA) is 92.3 Å². The van der Waals surface area contributed by atoms with E-state index in [9.17, 15) is 19.2 Å². The van der Waals surface area contributed by atoms with Crippen LogP contribution in [-0.2, 0) is 9.59 Å². The molecular weight excluding hydrogens is 300 g/mol. The van der Waals surface area contributed by atoms with E-state index in [1.807, 2.05) is 0 Å². The minimum atomic E-state index is -0.574. The van der Waals surface area contributed by atoms with Gasteiger partial charge in [0.05, 0.1) is 24.2 Å². The van der Waals surface area contributed by atoms with Gasteiger partial charge in [-0.1, -0.05) is 12.1 Å². The van der Waals surface area contributed by atoms with Gasteiger partial charge in [0, 0.05) is 0 Å². The SMILES string of the molecule is O=C(S)CNC(=O)c1ccccc1C(=O)NCC(=O)S. The van der Waals surface area contributed by atoms with E-state index in [-0.39, 0.29) is 24.2 Å². The molecule has 20 heavy (non-hydrogen) atoms. The number of benzene rings is 1. The lowest BCUT2D eigenvalue weighted by Crippen LogP contribution is -2.32. The number of hydrogen-bond donors (Lipinski definition) is 4. The fourth-order valence-electron chi connectivity index (χ4n) is 1.38. The molecular formula is C12H12N2O4S2. The Kier molecular flexibility index (Phi) is 6.26. The maximum absolute atomic E-state index is 11.9.